The number of fused-ring (bicyclic) bond motifs is 2. The van der Waals surface area contributed by atoms with E-state index in [0.717, 1.165) is 33.2 Å². The van der Waals surface area contributed by atoms with Crippen molar-refractivity contribution in [2.45, 2.75) is 0 Å². The molecule has 3 aromatic carbocycles. The van der Waals surface area contributed by atoms with Crippen LogP contribution in [0.1, 0.15) is 11.3 Å². The lowest BCUT2D eigenvalue weighted by Gasteiger charge is -2.07. The van der Waals surface area contributed by atoms with Gasteiger partial charge in [0.1, 0.15) is 5.82 Å². The molecular weight excluding hydrogens is 337 g/mol. The molecular formula is C23H16FN3. The van der Waals surface area contributed by atoms with Gasteiger partial charge in [0.15, 0.2) is 0 Å². The molecule has 0 atom stereocenters. The molecule has 2 heterocycles. The molecule has 0 bridgehead atoms. The van der Waals surface area contributed by atoms with Crippen LogP contribution in [0.25, 0.3) is 39.5 Å². The highest BCUT2D eigenvalue weighted by molar-refractivity contribution is 5.90. The van der Waals surface area contributed by atoms with E-state index >= 15 is 0 Å². The number of H-pyrrole nitrogens is 1. The van der Waals surface area contributed by atoms with E-state index < -0.39 is 0 Å². The molecule has 1 N–H and O–H groups in total. The number of nitrogens with one attached hydrogen (secondary N) is 1. The second kappa shape index (κ2) is 6.25. The summed E-state index contributed by atoms with van der Waals surface area (Å²) in [6, 6.07) is 21.2. The van der Waals surface area contributed by atoms with Crippen LogP contribution in [0.3, 0.4) is 0 Å². The number of benzene rings is 3. The molecule has 2 aromatic heterocycles. The van der Waals surface area contributed by atoms with Crippen molar-refractivity contribution < 1.29 is 4.39 Å². The van der Waals surface area contributed by atoms with E-state index in [2.05, 4.69) is 10.2 Å². The first-order valence-electron chi connectivity index (χ1n) is 8.76. The molecule has 0 spiro atoms. The maximum atomic E-state index is 14.1. The maximum Gasteiger partial charge on any atom is 0.132 e. The van der Waals surface area contributed by atoms with Gasteiger partial charge in [-0.15, -0.1) is 0 Å². The van der Waals surface area contributed by atoms with Crippen LogP contribution in [0.15, 0.2) is 79.1 Å². The molecule has 0 aliphatic rings. The van der Waals surface area contributed by atoms with Crippen LogP contribution in [-0.4, -0.2) is 14.8 Å². The van der Waals surface area contributed by atoms with Gasteiger partial charge in [-0.2, -0.15) is 5.10 Å². The third kappa shape index (κ3) is 2.72. The van der Waals surface area contributed by atoms with Crippen molar-refractivity contribution in [2.24, 2.45) is 0 Å². The topological polar surface area (TPSA) is 33.6 Å². The Hall–Kier alpha value is -3.66. The Kier molecular flexibility index (Phi) is 3.61. The Morgan fingerprint density at radius 3 is 2.59 bits per heavy atom. The van der Waals surface area contributed by atoms with Gasteiger partial charge in [0.2, 0.25) is 0 Å². The Balaban J connectivity index is 1.59. The SMILES string of the molecule is Fc1cccc2cn(-c3ccccc3/C=C/c3n[nH]c4ccccc34)cc12. The van der Waals surface area contributed by atoms with E-state index in [0.29, 0.717) is 5.39 Å². The average molecular weight is 353 g/mol. The lowest BCUT2D eigenvalue weighted by atomic mass is 10.1. The first kappa shape index (κ1) is 15.6. The highest BCUT2D eigenvalue weighted by Gasteiger charge is 2.07. The quantitative estimate of drug-likeness (QED) is 0.436. The zero-order valence-electron chi connectivity index (χ0n) is 14.4. The van der Waals surface area contributed by atoms with Crippen LogP contribution < -0.4 is 0 Å². The van der Waals surface area contributed by atoms with Gasteiger partial charge in [0.05, 0.1) is 16.9 Å². The van der Waals surface area contributed by atoms with Gasteiger partial charge in [-0.25, -0.2) is 4.39 Å². The summed E-state index contributed by atoms with van der Waals surface area (Å²) in [5.41, 5.74) is 3.93. The number of aromatic nitrogens is 3. The smallest absolute Gasteiger partial charge is 0.132 e. The van der Waals surface area contributed by atoms with Crippen molar-refractivity contribution in [1.29, 1.82) is 0 Å². The lowest BCUT2D eigenvalue weighted by Crippen LogP contribution is -1.92. The molecule has 0 radical (unpaired) electrons. The number of halogens is 1. The van der Waals surface area contributed by atoms with Crippen LogP contribution >= 0.6 is 0 Å². The van der Waals surface area contributed by atoms with Crippen LogP contribution in [0.2, 0.25) is 0 Å². The molecule has 0 fully saturated rings. The summed E-state index contributed by atoms with van der Waals surface area (Å²) in [5.74, 6) is -0.206. The predicted octanol–water partition coefficient (Wildman–Crippen LogP) is 5.82. The van der Waals surface area contributed by atoms with E-state index in [9.17, 15) is 4.39 Å². The summed E-state index contributed by atoms with van der Waals surface area (Å²) in [6.45, 7) is 0. The van der Waals surface area contributed by atoms with Gasteiger partial charge in [-0.1, -0.05) is 54.6 Å². The second-order valence-corrected chi connectivity index (χ2v) is 6.45. The van der Waals surface area contributed by atoms with Gasteiger partial charge in [-0.05, 0) is 29.8 Å². The number of aromatic amines is 1. The minimum Gasteiger partial charge on any atom is -0.322 e. The summed E-state index contributed by atoms with van der Waals surface area (Å²) < 4.78 is 16.0. The van der Waals surface area contributed by atoms with E-state index in [1.807, 2.05) is 83.7 Å². The van der Waals surface area contributed by atoms with Crippen molar-refractivity contribution in [1.82, 2.24) is 14.8 Å². The Morgan fingerprint density at radius 1 is 0.815 bits per heavy atom. The van der Waals surface area contributed by atoms with Gasteiger partial charge in [0.25, 0.3) is 0 Å². The second-order valence-electron chi connectivity index (χ2n) is 6.45. The molecule has 27 heavy (non-hydrogen) atoms. The van der Waals surface area contributed by atoms with Crippen LogP contribution in [0, 0.1) is 5.82 Å². The van der Waals surface area contributed by atoms with Crippen molar-refractivity contribution in [2.75, 3.05) is 0 Å². The third-order valence-corrected chi connectivity index (χ3v) is 4.77. The molecule has 0 aliphatic heterocycles. The van der Waals surface area contributed by atoms with Crippen LogP contribution in [0.5, 0.6) is 0 Å². The molecule has 5 rings (SSSR count). The molecule has 4 heteroatoms. The normalized spacial score (nSPS) is 11.7. The number of rotatable bonds is 3. The van der Waals surface area contributed by atoms with E-state index in [-0.39, 0.29) is 5.82 Å². The van der Waals surface area contributed by atoms with Gasteiger partial charge >= 0.3 is 0 Å². The molecule has 5 aromatic rings. The number of para-hydroxylation sites is 2. The molecule has 3 nitrogen and oxygen atoms in total. The van der Waals surface area contributed by atoms with Crippen molar-refractivity contribution in [3.8, 4) is 5.69 Å². The van der Waals surface area contributed by atoms with E-state index in [1.54, 1.807) is 6.07 Å². The van der Waals surface area contributed by atoms with Crippen LogP contribution in [-0.2, 0) is 0 Å². The molecule has 0 aliphatic carbocycles. The summed E-state index contributed by atoms with van der Waals surface area (Å²) in [4.78, 5) is 0. The number of hydrogen-bond acceptors (Lipinski definition) is 1. The maximum absolute atomic E-state index is 14.1. The fraction of sp³-hybridized carbons (Fsp3) is 0. The van der Waals surface area contributed by atoms with Gasteiger partial charge < -0.3 is 4.57 Å². The molecule has 0 amide bonds. The third-order valence-electron chi connectivity index (χ3n) is 4.77. The lowest BCUT2D eigenvalue weighted by molar-refractivity contribution is 0.640. The summed E-state index contributed by atoms with van der Waals surface area (Å²) in [5, 5.41) is 10.0. The van der Waals surface area contributed by atoms with Crippen molar-refractivity contribution in [3.63, 3.8) is 0 Å². The van der Waals surface area contributed by atoms with Gasteiger partial charge in [0, 0.05) is 28.6 Å². The van der Waals surface area contributed by atoms with Gasteiger partial charge in [-0.3, -0.25) is 5.10 Å². The summed E-state index contributed by atoms with van der Waals surface area (Å²) in [7, 11) is 0. The van der Waals surface area contributed by atoms with Crippen molar-refractivity contribution >= 4 is 33.8 Å². The Bertz CT molecular complexity index is 1290. The minimum atomic E-state index is -0.206. The molecule has 0 saturated carbocycles. The summed E-state index contributed by atoms with van der Waals surface area (Å²) >= 11 is 0. The fourth-order valence-corrected chi connectivity index (χ4v) is 3.41. The minimum absolute atomic E-state index is 0.206. The number of nitrogens with zero attached hydrogens (tertiary/aromatic N) is 2. The highest BCUT2D eigenvalue weighted by Crippen LogP contribution is 2.25. The first-order valence-corrected chi connectivity index (χ1v) is 8.76. The van der Waals surface area contributed by atoms with Crippen molar-refractivity contribution in [3.05, 3.63) is 96.2 Å². The monoisotopic (exact) mass is 353 g/mol. The molecule has 0 unspecified atom stereocenters. The average Bonchev–Trinajstić information content (AvgIpc) is 3.32. The fourth-order valence-electron chi connectivity index (χ4n) is 3.41. The zero-order chi connectivity index (χ0) is 18.2. The predicted molar refractivity (Wildman–Crippen MR) is 108 cm³/mol. The largest absolute Gasteiger partial charge is 0.322 e. The standard InChI is InChI=1S/C23H16FN3/c24-20-9-5-7-17-14-27(15-19(17)20)23-11-4-1-6-16(23)12-13-22-18-8-2-3-10-21(18)25-26-22/h1-15H,(H,25,26)/b13-12+. The molecule has 0 saturated heterocycles. The van der Waals surface area contributed by atoms with E-state index in [4.69, 9.17) is 0 Å². The Labute approximate surface area is 155 Å². The Morgan fingerprint density at radius 2 is 1.67 bits per heavy atom. The number of hydrogen-bond donors (Lipinski definition) is 1. The highest BCUT2D eigenvalue weighted by atomic mass is 19.1. The summed E-state index contributed by atoms with van der Waals surface area (Å²) in [6.07, 6.45) is 7.83. The van der Waals surface area contributed by atoms with Crippen LogP contribution in [0.4, 0.5) is 4.39 Å². The zero-order valence-corrected chi connectivity index (χ0v) is 14.4. The first-order chi connectivity index (χ1) is 13.3. The molecule has 130 valence electrons. The van der Waals surface area contributed by atoms with E-state index in [1.165, 1.54) is 6.07 Å².